The second-order valence-corrected chi connectivity index (χ2v) is 6.48. The summed E-state index contributed by atoms with van der Waals surface area (Å²) in [5.74, 6) is 1.47. The Morgan fingerprint density at radius 1 is 1.07 bits per heavy atom. The quantitative estimate of drug-likeness (QED) is 0.616. The summed E-state index contributed by atoms with van der Waals surface area (Å²) < 4.78 is 0. The van der Waals surface area contributed by atoms with E-state index in [1.165, 1.54) is 0 Å². The van der Waals surface area contributed by atoms with Gasteiger partial charge in [0.05, 0.1) is 0 Å². The van der Waals surface area contributed by atoms with E-state index in [1.807, 2.05) is 58.0 Å². The highest BCUT2D eigenvalue weighted by atomic mass is 16.1. The molecule has 0 saturated carbocycles. The molecule has 0 spiro atoms. The number of H-pyrrole nitrogens is 1. The van der Waals surface area contributed by atoms with Gasteiger partial charge in [-0.05, 0) is 50.6 Å². The van der Waals surface area contributed by atoms with Gasteiger partial charge >= 0.3 is 0 Å². The number of carbonyl (C=O) groups excluding carboxylic acids is 1. The molecule has 0 aliphatic carbocycles. The average Bonchev–Trinajstić information content (AvgIpc) is 3.09. The van der Waals surface area contributed by atoms with Crippen LogP contribution in [0.1, 0.15) is 31.7 Å². The van der Waals surface area contributed by atoms with E-state index in [4.69, 9.17) is 0 Å². The first-order valence-corrected chi connectivity index (χ1v) is 8.87. The van der Waals surface area contributed by atoms with E-state index in [2.05, 4.69) is 35.8 Å². The normalized spacial score (nSPS) is 11.9. The summed E-state index contributed by atoms with van der Waals surface area (Å²) in [6.45, 7) is 7.72. The molecule has 27 heavy (non-hydrogen) atoms. The molecule has 0 unspecified atom stereocenters. The van der Waals surface area contributed by atoms with Gasteiger partial charge in [-0.1, -0.05) is 13.8 Å². The molecule has 0 aliphatic rings. The van der Waals surface area contributed by atoms with E-state index >= 15 is 0 Å². The number of carbonyl (C=O) groups is 1. The van der Waals surface area contributed by atoms with E-state index in [9.17, 15) is 4.79 Å². The molecule has 3 N–H and O–H groups in total. The van der Waals surface area contributed by atoms with Crippen LogP contribution in [-0.2, 0) is 4.79 Å². The first-order valence-electron chi connectivity index (χ1n) is 8.87. The van der Waals surface area contributed by atoms with Crippen LogP contribution >= 0.6 is 0 Å². The third-order valence-electron chi connectivity index (χ3n) is 4.18. The van der Waals surface area contributed by atoms with Gasteiger partial charge in [0.25, 0.3) is 0 Å². The van der Waals surface area contributed by atoms with E-state index in [0.29, 0.717) is 17.7 Å². The number of aryl methyl sites for hydroxylation is 2. The van der Waals surface area contributed by atoms with Crippen molar-refractivity contribution in [1.29, 1.82) is 0 Å². The number of nitrogens with zero attached hydrogens (tertiary/aromatic N) is 4. The molecule has 1 atom stereocenters. The fraction of sp³-hybridized carbons (Fsp3) is 0.316. The predicted octanol–water partition coefficient (Wildman–Crippen LogP) is 3.61. The topological polar surface area (TPSA) is 108 Å². The Hall–Kier alpha value is -3.29. The van der Waals surface area contributed by atoms with Gasteiger partial charge in [0.15, 0.2) is 5.82 Å². The monoisotopic (exact) mass is 365 g/mol. The third-order valence-corrected chi connectivity index (χ3v) is 4.18. The summed E-state index contributed by atoms with van der Waals surface area (Å²) in [6.07, 6.45) is 0.807. The van der Waals surface area contributed by atoms with Crippen LogP contribution in [0.15, 0.2) is 30.3 Å². The minimum Gasteiger partial charge on any atom is -0.326 e. The zero-order valence-corrected chi connectivity index (χ0v) is 15.9. The van der Waals surface area contributed by atoms with Gasteiger partial charge in [-0.3, -0.25) is 15.2 Å². The Morgan fingerprint density at radius 2 is 1.74 bits per heavy atom. The number of hydrogen-bond donors (Lipinski definition) is 3. The summed E-state index contributed by atoms with van der Waals surface area (Å²) >= 11 is 0. The van der Waals surface area contributed by atoms with Crippen LogP contribution in [0.3, 0.4) is 0 Å². The molecular weight excluding hydrogens is 342 g/mol. The number of aromatic amines is 1. The molecule has 140 valence electrons. The maximum absolute atomic E-state index is 12.0. The molecule has 8 heteroatoms. The van der Waals surface area contributed by atoms with Crippen molar-refractivity contribution in [3.63, 3.8) is 0 Å². The lowest BCUT2D eigenvalue weighted by atomic mass is 10.1. The molecule has 8 nitrogen and oxygen atoms in total. The van der Waals surface area contributed by atoms with Crippen LogP contribution in [0.5, 0.6) is 0 Å². The fourth-order valence-electron chi connectivity index (χ4n) is 2.49. The number of rotatable bonds is 6. The van der Waals surface area contributed by atoms with Crippen molar-refractivity contribution >= 4 is 23.5 Å². The second kappa shape index (κ2) is 7.94. The van der Waals surface area contributed by atoms with E-state index < -0.39 is 0 Å². The number of benzene rings is 1. The van der Waals surface area contributed by atoms with Crippen molar-refractivity contribution in [1.82, 2.24) is 25.1 Å². The molecule has 2 aromatic heterocycles. The lowest BCUT2D eigenvalue weighted by Gasteiger charge is -2.10. The summed E-state index contributed by atoms with van der Waals surface area (Å²) in [4.78, 5) is 25.0. The Labute approximate surface area is 157 Å². The minimum absolute atomic E-state index is 0.0138. The zero-order valence-electron chi connectivity index (χ0n) is 15.9. The zero-order chi connectivity index (χ0) is 19.4. The molecule has 0 aliphatic heterocycles. The molecule has 0 saturated heterocycles. The van der Waals surface area contributed by atoms with Crippen molar-refractivity contribution in [2.75, 3.05) is 10.6 Å². The first kappa shape index (κ1) is 18.5. The largest absolute Gasteiger partial charge is 0.326 e. The number of aromatic nitrogens is 5. The standard InChI is InChI=1S/C19H23N7O/c1-5-11(2)17(27)22-15-8-6-14(7-9-15)16-23-19(26-25-16)24-18-20-12(3)10-13(4)21-18/h6-11H,5H2,1-4H3,(H,22,27)(H2,20,21,23,24,25,26)/t11-/m1/s1. The number of nitrogens with one attached hydrogen (secondary N) is 3. The van der Waals surface area contributed by atoms with Gasteiger partial charge in [0.1, 0.15) is 0 Å². The average molecular weight is 365 g/mol. The molecule has 0 bridgehead atoms. The highest BCUT2D eigenvalue weighted by molar-refractivity contribution is 5.92. The summed E-state index contributed by atoms with van der Waals surface area (Å²) in [5.41, 5.74) is 3.36. The van der Waals surface area contributed by atoms with Crippen molar-refractivity contribution in [3.05, 3.63) is 41.7 Å². The summed E-state index contributed by atoms with van der Waals surface area (Å²) in [6, 6.07) is 9.35. The third kappa shape index (κ3) is 4.66. The van der Waals surface area contributed by atoms with E-state index in [0.717, 1.165) is 29.1 Å². The van der Waals surface area contributed by atoms with Crippen molar-refractivity contribution in [3.8, 4) is 11.4 Å². The van der Waals surface area contributed by atoms with Crippen LogP contribution in [0.4, 0.5) is 17.6 Å². The molecule has 0 radical (unpaired) electrons. The van der Waals surface area contributed by atoms with Gasteiger partial charge in [-0.2, -0.15) is 4.98 Å². The lowest BCUT2D eigenvalue weighted by molar-refractivity contribution is -0.119. The Bertz CT molecular complexity index is 913. The molecule has 1 amide bonds. The molecule has 1 aromatic carbocycles. The number of anilines is 3. The lowest BCUT2D eigenvalue weighted by Crippen LogP contribution is -2.19. The Balaban J connectivity index is 1.70. The Kier molecular flexibility index (Phi) is 5.44. The maximum Gasteiger partial charge on any atom is 0.249 e. The predicted molar refractivity (Wildman–Crippen MR) is 105 cm³/mol. The smallest absolute Gasteiger partial charge is 0.249 e. The summed E-state index contributed by atoms with van der Waals surface area (Å²) in [5, 5.41) is 13.0. The van der Waals surface area contributed by atoms with Crippen molar-refractivity contribution in [2.45, 2.75) is 34.1 Å². The van der Waals surface area contributed by atoms with Gasteiger partial charge in [-0.25, -0.2) is 9.97 Å². The van der Waals surface area contributed by atoms with E-state index in [-0.39, 0.29) is 11.8 Å². The number of hydrogen-bond acceptors (Lipinski definition) is 6. The highest BCUT2D eigenvalue weighted by Gasteiger charge is 2.11. The first-order chi connectivity index (χ1) is 12.9. The highest BCUT2D eigenvalue weighted by Crippen LogP contribution is 2.20. The molecule has 0 fully saturated rings. The van der Waals surface area contributed by atoms with Crippen LogP contribution in [0.2, 0.25) is 0 Å². The van der Waals surface area contributed by atoms with Gasteiger partial charge in [0, 0.05) is 28.6 Å². The molecule has 2 heterocycles. The SMILES string of the molecule is CC[C@@H](C)C(=O)Nc1ccc(-c2nc(Nc3nc(C)cc(C)n3)n[nH]2)cc1. The van der Waals surface area contributed by atoms with Crippen LogP contribution in [-0.4, -0.2) is 31.1 Å². The number of amides is 1. The Morgan fingerprint density at radius 3 is 2.37 bits per heavy atom. The van der Waals surface area contributed by atoms with Crippen LogP contribution in [0, 0.1) is 19.8 Å². The van der Waals surface area contributed by atoms with Crippen molar-refractivity contribution < 1.29 is 4.79 Å². The van der Waals surface area contributed by atoms with Crippen LogP contribution in [0.25, 0.3) is 11.4 Å². The maximum atomic E-state index is 12.0. The van der Waals surface area contributed by atoms with Crippen molar-refractivity contribution in [2.24, 2.45) is 5.92 Å². The second-order valence-electron chi connectivity index (χ2n) is 6.48. The van der Waals surface area contributed by atoms with Crippen LogP contribution < -0.4 is 10.6 Å². The summed E-state index contributed by atoms with van der Waals surface area (Å²) in [7, 11) is 0. The van der Waals surface area contributed by atoms with Gasteiger partial charge in [0.2, 0.25) is 17.8 Å². The molecule has 3 rings (SSSR count). The molecular formula is C19H23N7O. The fourth-order valence-corrected chi connectivity index (χ4v) is 2.49. The van der Waals surface area contributed by atoms with Gasteiger partial charge in [-0.15, -0.1) is 5.10 Å². The molecule has 3 aromatic rings. The van der Waals surface area contributed by atoms with Gasteiger partial charge < -0.3 is 5.32 Å². The van der Waals surface area contributed by atoms with E-state index in [1.54, 1.807) is 0 Å². The minimum atomic E-state index is -0.0138.